The lowest BCUT2D eigenvalue weighted by molar-refractivity contribution is -0.139. The number of rotatable bonds is 10. The van der Waals surface area contributed by atoms with Crippen LogP contribution in [0.4, 0.5) is 15.8 Å². The van der Waals surface area contributed by atoms with Gasteiger partial charge in [-0.3, -0.25) is 9.10 Å². The predicted molar refractivity (Wildman–Crippen MR) is 155 cm³/mol. The molecule has 0 spiro atoms. The van der Waals surface area contributed by atoms with Crippen LogP contribution in [0.2, 0.25) is 0 Å². The van der Waals surface area contributed by atoms with E-state index < -0.39 is 15.8 Å². The predicted octanol–water partition coefficient (Wildman–Crippen LogP) is 4.22. The van der Waals surface area contributed by atoms with Gasteiger partial charge in [0.15, 0.2) is 5.88 Å². The number of anilines is 1. The first kappa shape index (κ1) is 28.8. The van der Waals surface area contributed by atoms with Crippen LogP contribution in [0.15, 0.2) is 71.7 Å². The molecule has 2 N–H and O–H groups in total. The second-order valence-electron chi connectivity index (χ2n) is 9.60. The van der Waals surface area contributed by atoms with Gasteiger partial charge in [-0.05, 0) is 62.1 Å². The van der Waals surface area contributed by atoms with Crippen LogP contribution >= 0.6 is 0 Å². The van der Waals surface area contributed by atoms with Crippen LogP contribution in [0.25, 0.3) is 10.9 Å². The van der Waals surface area contributed by atoms with Crippen molar-refractivity contribution in [1.82, 2.24) is 9.88 Å². The van der Waals surface area contributed by atoms with E-state index >= 15 is 0 Å². The van der Waals surface area contributed by atoms with Crippen LogP contribution in [-0.2, 0) is 26.0 Å². The fraction of sp³-hybridized carbons (Fsp3) is 0.241. The molecule has 0 aliphatic rings. The highest BCUT2D eigenvalue weighted by Gasteiger charge is 2.20. The van der Waals surface area contributed by atoms with E-state index in [4.69, 9.17) is 9.73 Å². The Morgan fingerprint density at radius 3 is 2.30 bits per heavy atom. The molecule has 0 atom stereocenters. The Bertz CT molecular complexity index is 1650. The van der Waals surface area contributed by atoms with Crippen molar-refractivity contribution in [1.29, 1.82) is 0 Å². The molecule has 0 bridgehead atoms. The van der Waals surface area contributed by atoms with E-state index in [-0.39, 0.29) is 24.8 Å². The van der Waals surface area contributed by atoms with E-state index in [2.05, 4.69) is 4.98 Å². The van der Waals surface area contributed by atoms with Crippen molar-refractivity contribution in [2.45, 2.75) is 6.42 Å². The van der Waals surface area contributed by atoms with E-state index in [0.717, 1.165) is 5.56 Å². The number of aromatic amines is 1. The Morgan fingerprint density at radius 2 is 1.70 bits per heavy atom. The average molecular weight is 567 g/mol. The number of likely N-dealkylation sites (N-methyl/N-ethyl adjacent to an activating group) is 1. The maximum absolute atomic E-state index is 13.9. The highest BCUT2D eigenvalue weighted by atomic mass is 32.2. The lowest BCUT2D eigenvalue weighted by atomic mass is 9.99. The number of aliphatic imine (C=N–C) groups is 1. The van der Waals surface area contributed by atoms with Crippen LogP contribution in [0.1, 0.15) is 16.7 Å². The Morgan fingerprint density at radius 1 is 1.02 bits per heavy atom. The molecule has 210 valence electrons. The summed E-state index contributed by atoms with van der Waals surface area (Å²) in [6.45, 7) is 0.834. The molecule has 1 heterocycles. The Labute approximate surface area is 232 Å². The number of carbonyl (C=O) groups excluding carboxylic acids is 1. The summed E-state index contributed by atoms with van der Waals surface area (Å²) in [5, 5.41) is 11.4. The molecule has 0 unspecified atom stereocenters. The van der Waals surface area contributed by atoms with Gasteiger partial charge in [-0.1, -0.05) is 24.3 Å². The number of H-pyrrole nitrogens is 1. The number of halogens is 1. The molecule has 40 heavy (non-hydrogen) atoms. The molecule has 0 amide bonds. The fourth-order valence-corrected chi connectivity index (χ4v) is 5.20. The molecule has 0 radical (unpaired) electrons. The third-order valence-electron chi connectivity index (χ3n) is 6.31. The van der Waals surface area contributed by atoms with Gasteiger partial charge in [0, 0.05) is 24.0 Å². The highest BCUT2D eigenvalue weighted by molar-refractivity contribution is 7.92. The number of benzene rings is 3. The van der Waals surface area contributed by atoms with Crippen molar-refractivity contribution in [2.24, 2.45) is 4.99 Å². The van der Waals surface area contributed by atoms with Crippen LogP contribution in [-0.4, -0.2) is 75.6 Å². The van der Waals surface area contributed by atoms with Crippen molar-refractivity contribution in [3.63, 3.8) is 0 Å². The van der Waals surface area contributed by atoms with Crippen molar-refractivity contribution < 1.29 is 27.4 Å². The molecule has 4 rings (SSSR count). The molecule has 9 nitrogen and oxygen atoms in total. The van der Waals surface area contributed by atoms with Crippen LogP contribution in [0, 0.1) is 5.82 Å². The first-order valence-corrected chi connectivity index (χ1v) is 14.3. The number of nitrogens with one attached hydrogen (secondary N) is 1. The highest BCUT2D eigenvalue weighted by Crippen LogP contribution is 2.32. The van der Waals surface area contributed by atoms with Crippen molar-refractivity contribution >= 4 is 44.0 Å². The van der Waals surface area contributed by atoms with Crippen LogP contribution < -0.4 is 4.31 Å². The van der Waals surface area contributed by atoms with E-state index in [1.165, 1.54) is 29.8 Å². The van der Waals surface area contributed by atoms with E-state index in [9.17, 15) is 22.7 Å². The largest absolute Gasteiger partial charge is 0.494 e. The summed E-state index contributed by atoms with van der Waals surface area (Å²) in [5.74, 6) is -1.00. The molecular formula is C29H31FN4O5S. The molecule has 0 aliphatic heterocycles. The minimum Gasteiger partial charge on any atom is -0.494 e. The van der Waals surface area contributed by atoms with Gasteiger partial charge in [-0.2, -0.15) is 0 Å². The zero-order valence-corrected chi connectivity index (χ0v) is 23.5. The summed E-state index contributed by atoms with van der Waals surface area (Å²) in [4.78, 5) is 21.2. The number of methoxy groups -OCH3 is 1. The zero-order chi connectivity index (χ0) is 29.0. The van der Waals surface area contributed by atoms with Crippen molar-refractivity contribution in [3.05, 3.63) is 89.2 Å². The van der Waals surface area contributed by atoms with Gasteiger partial charge < -0.3 is 19.7 Å². The number of aromatic nitrogens is 1. The number of esters is 1. The van der Waals surface area contributed by atoms with Gasteiger partial charge in [-0.25, -0.2) is 17.8 Å². The monoisotopic (exact) mass is 566 g/mol. The third kappa shape index (κ3) is 6.67. The number of sulfonamides is 1. The normalized spacial score (nSPS) is 12.2. The number of carbonyl (C=O) groups is 1. The summed E-state index contributed by atoms with van der Waals surface area (Å²) in [6.07, 6.45) is 1.27. The standard InChI is InChI=1S/C29H31FN4O5S/c1-33(2)15-16-34(40(4,37)38)23-12-10-22(11-13-23)31-28(20-7-5-19(6-8-20)17-26(35)39-3)27-24-14-9-21(30)18-25(24)32-29(27)36/h5-14,18,32,36H,15-17H2,1-4H3. The molecule has 0 saturated heterocycles. The molecule has 1 aromatic heterocycles. The van der Waals surface area contributed by atoms with E-state index in [1.807, 2.05) is 19.0 Å². The molecule has 0 aliphatic carbocycles. The van der Waals surface area contributed by atoms with Crippen LogP contribution in [0.5, 0.6) is 5.88 Å². The van der Waals surface area contributed by atoms with Crippen LogP contribution in [0.3, 0.4) is 0 Å². The fourth-order valence-electron chi connectivity index (χ4n) is 4.28. The van der Waals surface area contributed by atoms with Crippen molar-refractivity contribution in [3.8, 4) is 5.88 Å². The van der Waals surface area contributed by atoms with Gasteiger partial charge in [0.2, 0.25) is 10.0 Å². The van der Waals surface area contributed by atoms with Gasteiger partial charge in [0.1, 0.15) is 5.82 Å². The Kier molecular flexibility index (Phi) is 8.55. The number of nitrogens with zero attached hydrogens (tertiary/aromatic N) is 3. The molecule has 11 heteroatoms. The van der Waals surface area contributed by atoms with Gasteiger partial charge >= 0.3 is 5.97 Å². The third-order valence-corrected chi connectivity index (χ3v) is 7.50. The minimum atomic E-state index is -3.51. The zero-order valence-electron chi connectivity index (χ0n) is 22.7. The molecule has 0 fully saturated rings. The topological polar surface area (TPSA) is 115 Å². The SMILES string of the molecule is COC(=O)Cc1ccc(C(=Nc2ccc(N(CCN(C)C)S(C)(=O)=O)cc2)c2c(O)[nH]c3cc(F)ccc23)cc1. The number of aromatic hydroxyl groups is 1. The van der Waals surface area contributed by atoms with Gasteiger partial charge in [0.25, 0.3) is 0 Å². The second kappa shape index (κ2) is 11.9. The molecule has 0 saturated carbocycles. The summed E-state index contributed by atoms with van der Waals surface area (Å²) in [6, 6.07) is 18.0. The quantitative estimate of drug-likeness (QED) is 0.219. The number of fused-ring (bicyclic) bond motifs is 1. The Balaban J connectivity index is 1.79. The first-order chi connectivity index (χ1) is 19.0. The second-order valence-corrected chi connectivity index (χ2v) is 11.5. The Hall–Kier alpha value is -4.22. The molecule has 3 aromatic carbocycles. The van der Waals surface area contributed by atoms with Gasteiger partial charge in [0.05, 0.1) is 48.0 Å². The van der Waals surface area contributed by atoms with Crippen molar-refractivity contribution in [2.75, 3.05) is 44.9 Å². The lowest BCUT2D eigenvalue weighted by Crippen LogP contribution is -2.35. The summed E-state index contributed by atoms with van der Waals surface area (Å²) >= 11 is 0. The smallest absolute Gasteiger partial charge is 0.309 e. The summed E-state index contributed by atoms with van der Waals surface area (Å²) in [7, 11) is 1.56. The maximum Gasteiger partial charge on any atom is 0.309 e. The maximum atomic E-state index is 13.9. The number of hydrogen-bond acceptors (Lipinski definition) is 7. The van der Waals surface area contributed by atoms with E-state index in [1.54, 1.807) is 54.6 Å². The average Bonchev–Trinajstić information content (AvgIpc) is 3.22. The first-order valence-electron chi connectivity index (χ1n) is 12.4. The van der Waals surface area contributed by atoms with E-state index in [0.29, 0.717) is 45.7 Å². The molecular weight excluding hydrogens is 535 g/mol. The summed E-state index contributed by atoms with van der Waals surface area (Å²) < 4.78 is 44.9. The van der Waals surface area contributed by atoms with Gasteiger partial charge in [-0.15, -0.1) is 0 Å². The number of ether oxygens (including phenoxy) is 1. The molecule has 4 aromatic rings. The lowest BCUT2D eigenvalue weighted by Gasteiger charge is -2.24. The minimum absolute atomic E-state index is 0.104. The number of hydrogen-bond donors (Lipinski definition) is 2. The summed E-state index contributed by atoms with van der Waals surface area (Å²) in [5.41, 5.74) is 3.58.